The lowest BCUT2D eigenvalue weighted by Gasteiger charge is -2.02. The van der Waals surface area contributed by atoms with Gasteiger partial charge in [0.05, 0.1) is 6.20 Å². The van der Waals surface area contributed by atoms with Gasteiger partial charge in [0.1, 0.15) is 17.1 Å². The highest BCUT2D eigenvalue weighted by Gasteiger charge is 1.94. The van der Waals surface area contributed by atoms with E-state index in [1.54, 1.807) is 6.92 Å². The summed E-state index contributed by atoms with van der Waals surface area (Å²) in [6, 6.07) is 2.86. The molecule has 0 aliphatic heterocycles. The van der Waals surface area contributed by atoms with E-state index in [4.69, 9.17) is 15.9 Å². The first kappa shape index (κ1) is 7.53. The van der Waals surface area contributed by atoms with Crippen LogP contribution in [0.2, 0.25) is 0 Å². The maximum Gasteiger partial charge on any atom is 0.132 e. The number of hydrogen-bond donors (Lipinski definition) is 3. The minimum Gasteiger partial charge on any atom is -0.506 e. The molecule has 11 heavy (non-hydrogen) atoms. The normalized spacial score (nSPS) is 9.55. The molecule has 0 aliphatic carbocycles. The summed E-state index contributed by atoms with van der Waals surface area (Å²) in [5.74, 6) is 0.276. The van der Waals surface area contributed by atoms with Gasteiger partial charge in [-0.3, -0.25) is 15.4 Å². The number of aromatic nitrogens is 1. The van der Waals surface area contributed by atoms with Crippen LogP contribution in [-0.2, 0) is 0 Å². The Kier molecular flexibility index (Phi) is 1.76. The van der Waals surface area contributed by atoms with Crippen LogP contribution in [0.4, 0.5) is 0 Å². The zero-order valence-corrected chi connectivity index (χ0v) is 6.13. The minimum absolute atomic E-state index is 0.0626. The molecule has 0 bridgehead atoms. The molecule has 0 fully saturated rings. The van der Waals surface area contributed by atoms with Crippen LogP contribution in [-0.4, -0.2) is 15.5 Å². The molecule has 3 N–H and O–H groups in total. The first-order valence-electron chi connectivity index (χ1n) is 3.13. The maximum absolute atomic E-state index is 8.99. The summed E-state index contributed by atoms with van der Waals surface area (Å²) >= 11 is 0. The predicted molar refractivity (Wildman–Crippen MR) is 40.8 cm³/mol. The van der Waals surface area contributed by atoms with Gasteiger partial charge in [0.2, 0.25) is 0 Å². The third-order valence-corrected chi connectivity index (χ3v) is 1.29. The Labute approximate surface area is 63.8 Å². The molecular formula is C7H9N3O. The lowest BCUT2D eigenvalue weighted by Crippen LogP contribution is -2.22. The lowest BCUT2D eigenvalue weighted by molar-refractivity contribution is 0.470. The molecule has 0 radical (unpaired) electrons. The van der Waals surface area contributed by atoms with Crippen molar-refractivity contribution in [3.8, 4) is 5.75 Å². The highest BCUT2D eigenvalue weighted by atomic mass is 16.3. The summed E-state index contributed by atoms with van der Waals surface area (Å²) in [6.45, 7) is 1.55. The highest BCUT2D eigenvalue weighted by molar-refractivity contribution is 5.78. The van der Waals surface area contributed by atoms with E-state index in [1.165, 1.54) is 22.9 Å². The molecule has 0 aromatic carbocycles. The van der Waals surface area contributed by atoms with Crippen molar-refractivity contribution in [1.29, 1.82) is 10.8 Å². The van der Waals surface area contributed by atoms with Gasteiger partial charge < -0.3 is 5.11 Å². The zero-order chi connectivity index (χ0) is 8.43. The van der Waals surface area contributed by atoms with Crippen molar-refractivity contribution in [2.24, 2.45) is 0 Å². The summed E-state index contributed by atoms with van der Waals surface area (Å²) < 4.78 is 1.29. The smallest absolute Gasteiger partial charge is 0.132 e. The van der Waals surface area contributed by atoms with E-state index in [0.29, 0.717) is 0 Å². The molecule has 0 saturated heterocycles. The van der Waals surface area contributed by atoms with Gasteiger partial charge in [-0.15, -0.1) is 0 Å². The van der Waals surface area contributed by atoms with E-state index < -0.39 is 0 Å². The second-order valence-electron chi connectivity index (χ2n) is 2.23. The van der Waals surface area contributed by atoms with E-state index in [9.17, 15) is 0 Å². The van der Waals surface area contributed by atoms with E-state index in [2.05, 4.69) is 0 Å². The summed E-state index contributed by atoms with van der Waals surface area (Å²) in [7, 11) is 0. The van der Waals surface area contributed by atoms with E-state index in [0.717, 1.165) is 0 Å². The van der Waals surface area contributed by atoms with Crippen molar-refractivity contribution in [3.63, 3.8) is 0 Å². The number of aromatic hydroxyl groups is 1. The Morgan fingerprint density at radius 3 is 2.64 bits per heavy atom. The van der Waals surface area contributed by atoms with Gasteiger partial charge in [-0.2, -0.15) is 0 Å². The summed E-state index contributed by atoms with van der Waals surface area (Å²) in [5, 5.41) is 23.5. The van der Waals surface area contributed by atoms with Crippen LogP contribution in [0.25, 0.3) is 0 Å². The number of rotatable bonds is 0. The Hall–Kier alpha value is -1.58. The van der Waals surface area contributed by atoms with Crippen molar-refractivity contribution in [2.75, 3.05) is 0 Å². The molecule has 1 aromatic rings. The van der Waals surface area contributed by atoms with E-state index in [1.807, 2.05) is 0 Å². The third-order valence-electron chi connectivity index (χ3n) is 1.29. The second kappa shape index (κ2) is 2.57. The molecular weight excluding hydrogens is 142 g/mol. The predicted octanol–water partition coefficient (Wildman–Crippen LogP) is 0.518. The van der Waals surface area contributed by atoms with Crippen LogP contribution in [0.1, 0.15) is 6.92 Å². The number of pyridine rings is 1. The quantitative estimate of drug-likeness (QED) is 0.367. The number of nitrogens with one attached hydrogen (secondary N) is 2. The van der Waals surface area contributed by atoms with Gasteiger partial charge in [-0.25, -0.2) is 0 Å². The molecule has 0 amide bonds. The molecule has 0 saturated carbocycles. The van der Waals surface area contributed by atoms with Gasteiger partial charge in [0.25, 0.3) is 0 Å². The largest absolute Gasteiger partial charge is 0.506 e. The summed E-state index contributed by atoms with van der Waals surface area (Å²) in [6.07, 6.45) is 1.34. The average Bonchev–Trinajstić information content (AvgIpc) is 1.94. The van der Waals surface area contributed by atoms with Crippen molar-refractivity contribution in [1.82, 2.24) is 4.57 Å². The van der Waals surface area contributed by atoms with Crippen molar-refractivity contribution >= 4 is 5.84 Å². The Balaban J connectivity index is 3.35. The number of hydrogen-bond acceptors (Lipinski definition) is 3. The molecule has 4 heteroatoms. The molecule has 1 rings (SSSR count). The second-order valence-corrected chi connectivity index (χ2v) is 2.23. The molecule has 0 atom stereocenters. The monoisotopic (exact) mass is 151 g/mol. The van der Waals surface area contributed by atoms with Gasteiger partial charge >= 0.3 is 0 Å². The van der Waals surface area contributed by atoms with Crippen molar-refractivity contribution in [2.45, 2.75) is 6.92 Å². The Morgan fingerprint density at radius 2 is 2.18 bits per heavy atom. The van der Waals surface area contributed by atoms with E-state index >= 15 is 0 Å². The van der Waals surface area contributed by atoms with Crippen LogP contribution in [0.3, 0.4) is 0 Å². The van der Waals surface area contributed by atoms with Crippen molar-refractivity contribution < 1.29 is 5.11 Å². The van der Waals surface area contributed by atoms with Crippen molar-refractivity contribution in [3.05, 3.63) is 23.8 Å². The molecule has 1 heterocycles. The van der Waals surface area contributed by atoms with Crippen LogP contribution >= 0.6 is 0 Å². The molecule has 1 aromatic heterocycles. The Bertz CT molecular complexity index is 340. The van der Waals surface area contributed by atoms with Crippen LogP contribution in [0.5, 0.6) is 5.75 Å². The maximum atomic E-state index is 8.99. The lowest BCUT2D eigenvalue weighted by atomic mass is 10.4. The fraction of sp³-hybridized carbons (Fsp3) is 0.143. The van der Waals surface area contributed by atoms with Gasteiger partial charge in [0, 0.05) is 0 Å². The highest BCUT2D eigenvalue weighted by Crippen LogP contribution is 2.01. The first-order chi connectivity index (χ1) is 5.11. The van der Waals surface area contributed by atoms with Gasteiger partial charge in [0.15, 0.2) is 0 Å². The first-order valence-corrected chi connectivity index (χ1v) is 3.13. The molecule has 0 spiro atoms. The van der Waals surface area contributed by atoms with E-state index in [-0.39, 0.29) is 17.1 Å². The van der Waals surface area contributed by atoms with Crippen LogP contribution < -0.4 is 5.49 Å². The SMILES string of the molecule is CC(=N)n1cc(O)ccc1=N. The summed E-state index contributed by atoms with van der Waals surface area (Å²) in [5.41, 5.74) is 0.190. The minimum atomic E-state index is 0.0626. The Morgan fingerprint density at radius 1 is 1.55 bits per heavy atom. The van der Waals surface area contributed by atoms with Gasteiger partial charge in [-0.1, -0.05) is 0 Å². The molecule has 4 nitrogen and oxygen atoms in total. The van der Waals surface area contributed by atoms with Crippen LogP contribution in [0, 0.1) is 10.8 Å². The average molecular weight is 151 g/mol. The molecule has 0 aliphatic rings. The molecule has 58 valence electrons. The fourth-order valence-corrected chi connectivity index (χ4v) is 0.767. The fourth-order valence-electron chi connectivity index (χ4n) is 0.767. The topological polar surface area (TPSA) is 72.9 Å². The summed E-state index contributed by atoms with van der Waals surface area (Å²) in [4.78, 5) is 0. The standard InChI is InChI=1S/C7H9N3O/c1-5(8)10-4-6(11)2-3-7(10)9/h2-4,8-9,11H,1H3. The van der Waals surface area contributed by atoms with Gasteiger partial charge in [-0.05, 0) is 19.1 Å². The zero-order valence-electron chi connectivity index (χ0n) is 6.13. The van der Waals surface area contributed by atoms with Crippen LogP contribution in [0.15, 0.2) is 18.3 Å². The third kappa shape index (κ3) is 1.46. The number of nitrogens with zero attached hydrogens (tertiary/aromatic N) is 1. The molecule has 0 unspecified atom stereocenters.